The molecule has 0 radical (unpaired) electrons. The molecule has 1 aliphatic rings. The largest absolute Gasteiger partial charge is 0.497 e. The van der Waals surface area contributed by atoms with Crippen molar-refractivity contribution in [3.05, 3.63) is 60.2 Å². The molecule has 0 bridgehead atoms. The second kappa shape index (κ2) is 9.05. The summed E-state index contributed by atoms with van der Waals surface area (Å²) >= 11 is 7.05. The first kappa shape index (κ1) is 18.7. The van der Waals surface area contributed by atoms with Gasteiger partial charge in [-0.1, -0.05) is 60.4 Å². The fourth-order valence-electron chi connectivity index (χ4n) is 2.88. The van der Waals surface area contributed by atoms with Gasteiger partial charge in [-0.2, -0.15) is 0 Å². The third-order valence-corrected chi connectivity index (χ3v) is 5.99. The number of ether oxygens (including phenoxy) is 1. The molecule has 2 aromatic rings. The zero-order valence-electron chi connectivity index (χ0n) is 14.7. The molecule has 6 heteroatoms. The van der Waals surface area contributed by atoms with Gasteiger partial charge in [0.1, 0.15) is 15.3 Å². The molecular weight excluding hydrogens is 364 g/mol. The zero-order chi connectivity index (χ0) is 18.4. The third-order valence-electron chi connectivity index (χ3n) is 4.26. The van der Waals surface area contributed by atoms with E-state index in [9.17, 15) is 4.79 Å². The first-order chi connectivity index (χ1) is 12.7. The quantitative estimate of drug-likeness (QED) is 0.767. The van der Waals surface area contributed by atoms with Crippen LogP contribution < -0.4 is 10.1 Å². The highest BCUT2D eigenvalue weighted by molar-refractivity contribution is 8.23. The minimum Gasteiger partial charge on any atom is -0.497 e. The van der Waals surface area contributed by atoms with Gasteiger partial charge in [0, 0.05) is 24.8 Å². The number of hydrogen-bond donors (Lipinski definition) is 1. The maximum Gasteiger partial charge on any atom is 0.242 e. The van der Waals surface area contributed by atoms with Crippen molar-refractivity contribution >= 4 is 39.9 Å². The van der Waals surface area contributed by atoms with Crippen LogP contribution in [-0.2, 0) is 4.79 Å². The lowest BCUT2D eigenvalue weighted by molar-refractivity contribution is -0.115. The fourth-order valence-corrected chi connectivity index (χ4v) is 4.35. The number of carbonyl (C=O) groups excluding carboxylic acids is 1. The summed E-state index contributed by atoms with van der Waals surface area (Å²) in [7, 11) is 1.61. The second-order valence-electron chi connectivity index (χ2n) is 6.09. The number of thiocarbonyl (C=S) groups is 1. The summed E-state index contributed by atoms with van der Waals surface area (Å²) in [5, 5.41) is 2.60. The Bertz CT molecular complexity index is 761. The van der Waals surface area contributed by atoms with Crippen LogP contribution in [0.4, 0.5) is 5.69 Å². The molecule has 1 atom stereocenters. The van der Waals surface area contributed by atoms with E-state index in [-0.39, 0.29) is 5.91 Å². The molecule has 1 aliphatic heterocycles. The van der Waals surface area contributed by atoms with Gasteiger partial charge in [-0.15, -0.1) is 0 Å². The highest BCUT2D eigenvalue weighted by Crippen LogP contribution is 2.33. The van der Waals surface area contributed by atoms with Gasteiger partial charge in [-0.3, -0.25) is 4.79 Å². The van der Waals surface area contributed by atoms with Gasteiger partial charge in [0.05, 0.1) is 7.11 Å². The Morgan fingerprint density at radius 3 is 2.58 bits per heavy atom. The van der Waals surface area contributed by atoms with E-state index in [1.54, 1.807) is 7.11 Å². The Balaban J connectivity index is 1.77. The van der Waals surface area contributed by atoms with E-state index >= 15 is 0 Å². The molecule has 1 saturated heterocycles. The molecule has 26 heavy (non-hydrogen) atoms. The molecule has 0 saturated carbocycles. The van der Waals surface area contributed by atoms with Gasteiger partial charge in [0.25, 0.3) is 0 Å². The monoisotopic (exact) mass is 386 g/mol. The Morgan fingerprint density at radius 1 is 1.15 bits per heavy atom. The van der Waals surface area contributed by atoms with E-state index < -0.39 is 5.25 Å². The molecular formula is C20H22N2O2S2. The highest BCUT2D eigenvalue weighted by Gasteiger charge is 2.26. The normalized spacial score (nSPS) is 14.7. The van der Waals surface area contributed by atoms with Crippen molar-refractivity contribution in [2.45, 2.75) is 18.1 Å². The van der Waals surface area contributed by atoms with Crippen LogP contribution in [0, 0.1) is 0 Å². The van der Waals surface area contributed by atoms with Gasteiger partial charge < -0.3 is 15.0 Å². The van der Waals surface area contributed by atoms with Gasteiger partial charge in [-0.05, 0) is 30.5 Å². The maximum absolute atomic E-state index is 13.0. The third kappa shape index (κ3) is 4.77. The van der Waals surface area contributed by atoms with E-state index in [1.165, 1.54) is 11.8 Å². The lowest BCUT2D eigenvalue weighted by Gasteiger charge is -2.23. The van der Waals surface area contributed by atoms with E-state index in [2.05, 4.69) is 10.2 Å². The van der Waals surface area contributed by atoms with Gasteiger partial charge in [0.15, 0.2) is 0 Å². The average molecular weight is 387 g/mol. The van der Waals surface area contributed by atoms with Gasteiger partial charge >= 0.3 is 0 Å². The number of likely N-dealkylation sites (tertiary alicyclic amines) is 1. The van der Waals surface area contributed by atoms with Crippen LogP contribution >= 0.6 is 24.0 Å². The molecule has 0 aliphatic carbocycles. The number of methoxy groups -OCH3 is 1. The minimum atomic E-state index is -0.393. The number of nitrogens with one attached hydrogen (secondary N) is 1. The number of nitrogens with zero attached hydrogens (tertiary/aromatic N) is 1. The SMILES string of the molecule is COc1cccc(NC(=O)[C@@H](SC(=S)N2CCCC2)c2ccccc2)c1. The molecule has 0 aromatic heterocycles. The van der Waals surface area contributed by atoms with Crippen molar-refractivity contribution in [2.24, 2.45) is 0 Å². The van der Waals surface area contributed by atoms with Crippen LogP contribution in [0.5, 0.6) is 5.75 Å². The van der Waals surface area contributed by atoms with Crippen molar-refractivity contribution < 1.29 is 9.53 Å². The van der Waals surface area contributed by atoms with E-state index in [0.717, 1.165) is 35.8 Å². The number of thioether (sulfide) groups is 1. The Kier molecular flexibility index (Phi) is 6.52. The number of hydrogen-bond acceptors (Lipinski definition) is 4. The predicted octanol–water partition coefficient (Wildman–Crippen LogP) is 4.49. The van der Waals surface area contributed by atoms with E-state index in [0.29, 0.717) is 11.4 Å². The number of carbonyl (C=O) groups is 1. The van der Waals surface area contributed by atoms with E-state index in [1.807, 2.05) is 54.6 Å². The summed E-state index contributed by atoms with van der Waals surface area (Å²) < 4.78 is 6.02. The number of rotatable bonds is 5. The van der Waals surface area contributed by atoms with Gasteiger partial charge in [-0.25, -0.2) is 0 Å². The van der Waals surface area contributed by atoms with Crippen LogP contribution in [0.25, 0.3) is 0 Å². The summed E-state index contributed by atoms with van der Waals surface area (Å²) in [5.41, 5.74) is 1.66. The first-order valence-electron chi connectivity index (χ1n) is 8.63. The lowest BCUT2D eigenvalue weighted by atomic mass is 10.1. The smallest absolute Gasteiger partial charge is 0.242 e. The molecule has 4 nitrogen and oxygen atoms in total. The fraction of sp³-hybridized carbons (Fsp3) is 0.300. The van der Waals surface area contributed by atoms with Crippen LogP contribution in [-0.4, -0.2) is 35.3 Å². The summed E-state index contributed by atoms with van der Waals surface area (Å²) in [6, 6.07) is 17.1. The summed E-state index contributed by atoms with van der Waals surface area (Å²) in [6.45, 7) is 1.95. The Morgan fingerprint density at radius 2 is 1.88 bits per heavy atom. The lowest BCUT2D eigenvalue weighted by Crippen LogP contribution is -2.27. The van der Waals surface area contributed by atoms with Crippen molar-refractivity contribution in [3.63, 3.8) is 0 Å². The number of anilines is 1. The minimum absolute atomic E-state index is 0.0870. The van der Waals surface area contributed by atoms with Crippen molar-refractivity contribution in [1.82, 2.24) is 4.90 Å². The van der Waals surface area contributed by atoms with Crippen LogP contribution in [0.2, 0.25) is 0 Å². The number of benzene rings is 2. The van der Waals surface area contributed by atoms with Gasteiger partial charge in [0.2, 0.25) is 5.91 Å². The molecule has 1 heterocycles. The van der Waals surface area contributed by atoms with E-state index in [4.69, 9.17) is 17.0 Å². The molecule has 3 rings (SSSR count). The van der Waals surface area contributed by atoms with Crippen LogP contribution in [0.1, 0.15) is 23.7 Å². The number of amides is 1. The van der Waals surface area contributed by atoms with Crippen molar-refractivity contribution in [1.29, 1.82) is 0 Å². The zero-order valence-corrected chi connectivity index (χ0v) is 16.3. The average Bonchev–Trinajstić information content (AvgIpc) is 3.21. The second-order valence-corrected chi connectivity index (χ2v) is 7.83. The molecule has 136 valence electrons. The molecule has 2 aromatic carbocycles. The molecule has 0 spiro atoms. The topological polar surface area (TPSA) is 41.6 Å². The molecule has 0 unspecified atom stereocenters. The molecule has 1 N–H and O–H groups in total. The standard InChI is InChI=1S/C20H22N2O2S2/c1-24-17-11-7-10-16(14-17)21-19(23)18(15-8-3-2-4-9-15)26-20(25)22-12-5-6-13-22/h2-4,7-11,14,18H,5-6,12-13H2,1H3,(H,21,23)/t18-/m0/s1. The van der Waals surface area contributed by atoms with Crippen LogP contribution in [0.3, 0.4) is 0 Å². The van der Waals surface area contributed by atoms with Crippen molar-refractivity contribution in [2.75, 3.05) is 25.5 Å². The van der Waals surface area contributed by atoms with Crippen molar-refractivity contribution in [3.8, 4) is 5.75 Å². The molecule has 1 amide bonds. The Labute approximate surface area is 163 Å². The molecule has 1 fully saturated rings. The Hall–Kier alpha value is -2.05. The first-order valence-corrected chi connectivity index (χ1v) is 9.91. The maximum atomic E-state index is 13.0. The summed E-state index contributed by atoms with van der Waals surface area (Å²) in [6.07, 6.45) is 2.32. The summed E-state index contributed by atoms with van der Waals surface area (Å²) in [5.74, 6) is 0.621. The highest BCUT2D eigenvalue weighted by atomic mass is 32.2. The van der Waals surface area contributed by atoms with Crippen LogP contribution in [0.15, 0.2) is 54.6 Å². The predicted molar refractivity (Wildman–Crippen MR) is 112 cm³/mol. The summed E-state index contributed by atoms with van der Waals surface area (Å²) in [4.78, 5) is 15.2.